The number of piperidine rings is 1. The second-order valence-electron chi connectivity index (χ2n) is 7.41. The SMILES string of the molecule is COc1ccccc1OC(C)C(=O)N1CCCC(c2cc(C(F)F)n3ncnc3n2)C1. The number of likely N-dealkylation sites (tertiary alicyclic amines) is 1. The van der Waals surface area contributed by atoms with Crippen LogP contribution in [-0.4, -0.2) is 56.7 Å². The number of carbonyl (C=O) groups excluding carboxylic acids is 1. The van der Waals surface area contributed by atoms with E-state index >= 15 is 0 Å². The van der Waals surface area contributed by atoms with Crippen molar-refractivity contribution >= 4 is 11.7 Å². The first-order chi connectivity index (χ1) is 15.0. The first-order valence-corrected chi connectivity index (χ1v) is 10.0. The van der Waals surface area contributed by atoms with Crippen LogP contribution >= 0.6 is 0 Å². The summed E-state index contributed by atoms with van der Waals surface area (Å²) in [4.78, 5) is 23.1. The molecule has 3 aromatic rings. The lowest BCUT2D eigenvalue weighted by Crippen LogP contribution is -2.45. The quantitative estimate of drug-likeness (QED) is 0.596. The zero-order valence-corrected chi connectivity index (χ0v) is 17.2. The van der Waals surface area contributed by atoms with Crippen LogP contribution < -0.4 is 9.47 Å². The van der Waals surface area contributed by atoms with E-state index in [1.54, 1.807) is 30.0 Å². The Bertz CT molecular complexity index is 1070. The monoisotopic (exact) mass is 431 g/mol. The van der Waals surface area contributed by atoms with Gasteiger partial charge in [0, 0.05) is 19.0 Å². The van der Waals surface area contributed by atoms with E-state index in [0.29, 0.717) is 30.3 Å². The summed E-state index contributed by atoms with van der Waals surface area (Å²) in [7, 11) is 1.54. The van der Waals surface area contributed by atoms with Crippen molar-refractivity contribution in [1.29, 1.82) is 0 Å². The number of carbonyl (C=O) groups is 1. The molecule has 1 fully saturated rings. The Morgan fingerprint density at radius 1 is 1.26 bits per heavy atom. The van der Waals surface area contributed by atoms with Gasteiger partial charge >= 0.3 is 0 Å². The highest BCUT2D eigenvalue weighted by Gasteiger charge is 2.30. The van der Waals surface area contributed by atoms with E-state index in [2.05, 4.69) is 15.1 Å². The van der Waals surface area contributed by atoms with Gasteiger partial charge in [-0.2, -0.15) is 14.6 Å². The lowest BCUT2D eigenvalue weighted by Gasteiger charge is -2.34. The van der Waals surface area contributed by atoms with Gasteiger partial charge in [-0.15, -0.1) is 0 Å². The van der Waals surface area contributed by atoms with Crippen molar-refractivity contribution in [3.63, 3.8) is 0 Å². The fourth-order valence-electron chi connectivity index (χ4n) is 3.85. The number of fused-ring (bicyclic) bond motifs is 1. The molecule has 2 aromatic heterocycles. The maximum Gasteiger partial charge on any atom is 0.280 e. The number of aromatic nitrogens is 4. The standard InChI is InChI=1S/C21H23F2N5O3/c1-13(31-18-8-4-3-7-17(18)30-2)20(29)27-9-5-6-14(11-27)15-10-16(19(22)23)28-21(26-15)24-12-25-28/h3-4,7-8,10,12-14,19H,5-6,9,11H2,1-2H3. The molecule has 2 atom stereocenters. The van der Waals surface area contributed by atoms with Gasteiger partial charge in [-0.1, -0.05) is 12.1 Å². The van der Waals surface area contributed by atoms with Crippen LogP contribution in [0.5, 0.6) is 11.5 Å². The summed E-state index contributed by atoms with van der Waals surface area (Å²) in [6.07, 6.45) is -0.751. The molecule has 0 bridgehead atoms. The Balaban J connectivity index is 1.50. The molecule has 4 rings (SSSR count). The molecular weight excluding hydrogens is 408 g/mol. The summed E-state index contributed by atoms with van der Waals surface area (Å²) in [6, 6.07) is 8.49. The molecule has 0 N–H and O–H groups in total. The third-order valence-electron chi connectivity index (χ3n) is 5.39. The summed E-state index contributed by atoms with van der Waals surface area (Å²) in [5.41, 5.74) is 0.237. The van der Waals surface area contributed by atoms with Crippen LogP contribution in [0.15, 0.2) is 36.7 Å². The van der Waals surface area contributed by atoms with Gasteiger partial charge < -0.3 is 14.4 Å². The molecular formula is C21H23F2N5O3. The molecule has 0 aliphatic carbocycles. The number of ether oxygens (including phenoxy) is 2. The Hall–Kier alpha value is -3.30. The van der Waals surface area contributed by atoms with Gasteiger partial charge in [0.25, 0.3) is 18.1 Å². The minimum atomic E-state index is -2.71. The van der Waals surface area contributed by atoms with Crippen molar-refractivity contribution in [3.8, 4) is 11.5 Å². The minimum absolute atomic E-state index is 0.129. The van der Waals surface area contributed by atoms with Gasteiger partial charge in [0.05, 0.1) is 12.8 Å². The van der Waals surface area contributed by atoms with Crippen molar-refractivity contribution in [1.82, 2.24) is 24.5 Å². The predicted octanol–water partition coefficient (Wildman–Crippen LogP) is 3.24. The van der Waals surface area contributed by atoms with E-state index in [1.807, 2.05) is 6.07 Å². The lowest BCUT2D eigenvalue weighted by atomic mass is 9.93. The number of nitrogens with zero attached hydrogens (tertiary/aromatic N) is 5. The first-order valence-electron chi connectivity index (χ1n) is 10.0. The van der Waals surface area contributed by atoms with Gasteiger partial charge in [0.15, 0.2) is 17.6 Å². The highest BCUT2D eigenvalue weighted by Crippen LogP contribution is 2.30. The largest absolute Gasteiger partial charge is 0.493 e. The summed E-state index contributed by atoms with van der Waals surface area (Å²) in [5, 5.41) is 3.82. The predicted molar refractivity (Wildman–Crippen MR) is 107 cm³/mol. The van der Waals surface area contributed by atoms with E-state index in [9.17, 15) is 13.6 Å². The topological polar surface area (TPSA) is 81.9 Å². The van der Waals surface area contributed by atoms with Crippen molar-refractivity contribution in [3.05, 3.63) is 48.0 Å². The number of benzene rings is 1. The molecule has 0 spiro atoms. The molecule has 164 valence electrons. The van der Waals surface area contributed by atoms with Crippen LogP contribution in [0.25, 0.3) is 5.78 Å². The molecule has 1 aliphatic rings. The normalized spacial score (nSPS) is 17.7. The van der Waals surface area contributed by atoms with Crippen molar-refractivity contribution in [2.45, 2.75) is 38.2 Å². The highest BCUT2D eigenvalue weighted by atomic mass is 19.3. The van der Waals surface area contributed by atoms with Crippen LogP contribution in [0.2, 0.25) is 0 Å². The maximum absolute atomic E-state index is 13.5. The van der Waals surface area contributed by atoms with Crippen LogP contribution in [0.1, 0.15) is 43.5 Å². The number of methoxy groups -OCH3 is 1. The van der Waals surface area contributed by atoms with Crippen LogP contribution in [-0.2, 0) is 4.79 Å². The Morgan fingerprint density at radius 2 is 2.03 bits per heavy atom. The van der Waals surface area contributed by atoms with Gasteiger partial charge in [0.2, 0.25) is 0 Å². The van der Waals surface area contributed by atoms with Crippen molar-refractivity contribution < 1.29 is 23.0 Å². The van der Waals surface area contributed by atoms with Crippen molar-refractivity contribution in [2.75, 3.05) is 20.2 Å². The number of hydrogen-bond acceptors (Lipinski definition) is 6. The number of para-hydroxylation sites is 2. The van der Waals surface area contributed by atoms with Crippen LogP contribution in [0, 0.1) is 0 Å². The average Bonchev–Trinajstić information content (AvgIpc) is 3.27. The molecule has 10 heteroatoms. The molecule has 3 heterocycles. The fraction of sp³-hybridized carbons (Fsp3) is 0.429. The zero-order valence-electron chi connectivity index (χ0n) is 17.2. The molecule has 31 heavy (non-hydrogen) atoms. The third kappa shape index (κ3) is 4.28. The number of hydrogen-bond donors (Lipinski definition) is 0. The Kier molecular flexibility index (Phi) is 5.97. The average molecular weight is 431 g/mol. The molecule has 2 unspecified atom stereocenters. The molecule has 0 radical (unpaired) electrons. The molecule has 1 aliphatic heterocycles. The zero-order chi connectivity index (χ0) is 22.0. The van der Waals surface area contributed by atoms with E-state index < -0.39 is 12.5 Å². The van der Waals surface area contributed by atoms with Gasteiger partial charge in [-0.05, 0) is 38.0 Å². The first kappa shape index (κ1) is 21.0. The number of halogens is 2. The highest BCUT2D eigenvalue weighted by molar-refractivity contribution is 5.81. The molecule has 0 saturated carbocycles. The van der Waals surface area contributed by atoms with E-state index in [-0.39, 0.29) is 23.3 Å². The summed E-state index contributed by atoms with van der Waals surface area (Å²) in [6.45, 7) is 2.63. The number of amides is 1. The molecule has 1 aromatic carbocycles. The number of alkyl halides is 2. The fourth-order valence-corrected chi connectivity index (χ4v) is 3.85. The summed E-state index contributed by atoms with van der Waals surface area (Å²) >= 11 is 0. The summed E-state index contributed by atoms with van der Waals surface area (Å²) < 4.78 is 39.1. The van der Waals surface area contributed by atoms with Gasteiger partial charge in [-0.25, -0.2) is 13.8 Å². The van der Waals surface area contributed by atoms with E-state index in [0.717, 1.165) is 17.4 Å². The Labute approximate surface area is 177 Å². The third-order valence-corrected chi connectivity index (χ3v) is 5.39. The lowest BCUT2D eigenvalue weighted by molar-refractivity contribution is -0.139. The van der Waals surface area contributed by atoms with E-state index in [4.69, 9.17) is 9.47 Å². The second-order valence-corrected chi connectivity index (χ2v) is 7.41. The number of rotatable bonds is 6. The van der Waals surface area contributed by atoms with Crippen molar-refractivity contribution in [2.24, 2.45) is 0 Å². The van der Waals surface area contributed by atoms with Crippen LogP contribution in [0.3, 0.4) is 0 Å². The molecule has 8 nitrogen and oxygen atoms in total. The smallest absolute Gasteiger partial charge is 0.280 e. The van der Waals surface area contributed by atoms with Crippen LogP contribution in [0.4, 0.5) is 8.78 Å². The molecule has 1 saturated heterocycles. The maximum atomic E-state index is 13.5. The van der Waals surface area contributed by atoms with E-state index in [1.165, 1.54) is 19.5 Å². The Morgan fingerprint density at radius 3 is 2.77 bits per heavy atom. The minimum Gasteiger partial charge on any atom is -0.493 e. The summed E-state index contributed by atoms with van der Waals surface area (Å²) in [5.74, 6) is 0.816. The van der Waals surface area contributed by atoms with Gasteiger partial charge in [-0.3, -0.25) is 4.79 Å². The molecule has 1 amide bonds. The van der Waals surface area contributed by atoms with Gasteiger partial charge in [0.1, 0.15) is 12.0 Å². The second kappa shape index (κ2) is 8.83.